The second kappa shape index (κ2) is 6.74. The summed E-state index contributed by atoms with van der Waals surface area (Å²) >= 11 is 1.45. The first-order valence-corrected chi connectivity index (χ1v) is 8.88. The van der Waals surface area contributed by atoms with Crippen molar-refractivity contribution < 1.29 is 28.6 Å². The normalized spacial score (nSPS) is 11.4. The first-order chi connectivity index (χ1) is 13.8. The van der Waals surface area contributed by atoms with E-state index in [1.807, 2.05) is 19.1 Å². The van der Waals surface area contributed by atoms with E-state index in [4.69, 9.17) is 5.11 Å². The Labute approximate surface area is 164 Å². The van der Waals surface area contributed by atoms with E-state index in [2.05, 4.69) is 15.3 Å². The Hall–Kier alpha value is -3.67. The molecule has 0 aromatic carbocycles. The molecular formula is C17H11F2N5O4S. The molecule has 0 fully saturated rings. The highest BCUT2D eigenvalue weighted by Gasteiger charge is 2.29. The molecular weight excluding hydrogens is 408 g/mol. The quantitative estimate of drug-likeness (QED) is 0.509. The van der Waals surface area contributed by atoms with Crippen molar-refractivity contribution in [3.05, 3.63) is 52.4 Å². The van der Waals surface area contributed by atoms with E-state index in [-0.39, 0.29) is 16.9 Å². The van der Waals surface area contributed by atoms with Gasteiger partial charge in [-0.05, 0) is 25.1 Å². The average Bonchev–Trinajstić information content (AvgIpc) is 3.37. The second-order valence-electron chi connectivity index (χ2n) is 6.01. The van der Waals surface area contributed by atoms with Crippen LogP contribution in [-0.4, -0.2) is 46.5 Å². The van der Waals surface area contributed by atoms with Crippen LogP contribution in [0.25, 0.3) is 21.9 Å². The van der Waals surface area contributed by atoms with E-state index in [0.717, 1.165) is 15.8 Å². The van der Waals surface area contributed by atoms with Gasteiger partial charge in [0.05, 0.1) is 22.3 Å². The maximum atomic E-state index is 13.6. The number of fused-ring (bicyclic) bond motifs is 1. The number of carboxylic acids is 2. The Morgan fingerprint density at radius 2 is 1.97 bits per heavy atom. The summed E-state index contributed by atoms with van der Waals surface area (Å²) < 4.78 is 29.3. The van der Waals surface area contributed by atoms with Crippen molar-refractivity contribution in [3.63, 3.8) is 0 Å². The van der Waals surface area contributed by atoms with E-state index in [1.165, 1.54) is 28.1 Å². The van der Waals surface area contributed by atoms with Gasteiger partial charge in [0, 0.05) is 11.1 Å². The maximum absolute atomic E-state index is 13.6. The van der Waals surface area contributed by atoms with Crippen molar-refractivity contribution in [1.29, 1.82) is 0 Å². The lowest BCUT2D eigenvalue weighted by molar-refractivity contribution is 0.0672. The molecule has 0 aliphatic rings. The molecule has 29 heavy (non-hydrogen) atoms. The molecule has 2 N–H and O–H groups in total. The zero-order valence-electron chi connectivity index (χ0n) is 14.6. The number of aromatic carboxylic acids is 2. The molecule has 4 rings (SSSR count). The van der Waals surface area contributed by atoms with E-state index >= 15 is 0 Å². The smallest absolute Gasteiger partial charge is 0.358 e. The number of hydrogen-bond acceptors (Lipinski definition) is 6. The number of imidazole rings is 1. The summed E-state index contributed by atoms with van der Waals surface area (Å²) in [5, 5.41) is 25.4. The van der Waals surface area contributed by atoms with Gasteiger partial charge in [0.2, 0.25) is 0 Å². The Morgan fingerprint density at radius 3 is 2.55 bits per heavy atom. The van der Waals surface area contributed by atoms with Gasteiger partial charge in [-0.2, -0.15) is 0 Å². The van der Waals surface area contributed by atoms with Crippen LogP contribution in [0.15, 0.2) is 30.6 Å². The van der Waals surface area contributed by atoms with Gasteiger partial charge in [-0.3, -0.25) is 4.40 Å². The molecule has 0 radical (unpaired) electrons. The summed E-state index contributed by atoms with van der Waals surface area (Å²) in [4.78, 5) is 28.9. The van der Waals surface area contributed by atoms with Gasteiger partial charge in [0.1, 0.15) is 11.4 Å². The number of rotatable bonds is 5. The summed E-state index contributed by atoms with van der Waals surface area (Å²) in [6, 6.07) is 4.81. The third-order valence-electron chi connectivity index (χ3n) is 4.17. The molecule has 4 heterocycles. The van der Waals surface area contributed by atoms with E-state index in [1.54, 1.807) is 0 Å². The van der Waals surface area contributed by atoms with Gasteiger partial charge in [-0.25, -0.2) is 28.0 Å². The van der Waals surface area contributed by atoms with Gasteiger partial charge in [0.25, 0.3) is 6.43 Å². The van der Waals surface area contributed by atoms with E-state index in [9.17, 15) is 23.5 Å². The van der Waals surface area contributed by atoms with Crippen LogP contribution in [0.2, 0.25) is 0 Å². The molecule has 0 unspecified atom stereocenters. The summed E-state index contributed by atoms with van der Waals surface area (Å²) in [6.07, 6.45) is -0.415. The molecule has 0 aliphatic carbocycles. The third-order valence-corrected chi connectivity index (χ3v) is 5.19. The third kappa shape index (κ3) is 3.02. The van der Waals surface area contributed by atoms with Crippen LogP contribution in [0.4, 0.5) is 8.78 Å². The van der Waals surface area contributed by atoms with Crippen molar-refractivity contribution in [2.24, 2.45) is 0 Å². The fourth-order valence-electron chi connectivity index (χ4n) is 2.91. The molecule has 12 heteroatoms. The Morgan fingerprint density at radius 1 is 1.21 bits per heavy atom. The number of aromatic nitrogens is 5. The van der Waals surface area contributed by atoms with Crippen molar-refractivity contribution >= 4 is 28.9 Å². The highest BCUT2D eigenvalue weighted by molar-refractivity contribution is 7.15. The molecule has 0 spiro atoms. The minimum Gasteiger partial charge on any atom is -0.478 e. The molecule has 0 aliphatic heterocycles. The summed E-state index contributed by atoms with van der Waals surface area (Å²) in [5.41, 5.74) is -1.54. The largest absolute Gasteiger partial charge is 0.478 e. The highest BCUT2D eigenvalue weighted by atomic mass is 32.1. The predicted octanol–water partition coefficient (Wildman–Crippen LogP) is 3.29. The number of pyridine rings is 1. The molecule has 4 aromatic rings. The van der Waals surface area contributed by atoms with Crippen molar-refractivity contribution in [2.75, 3.05) is 0 Å². The van der Waals surface area contributed by atoms with Crippen LogP contribution < -0.4 is 0 Å². The van der Waals surface area contributed by atoms with Gasteiger partial charge in [-0.15, -0.1) is 16.4 Å². The first-order valence-electron chi connectivity index (χ1n) is 8.06. The summed E-state index contributed by atoms with van der Waals surface area (Å²) in [6.45, 7) is 1.91. The van der Waals surface area contributed by atoms with Gasteiger partial charge < -0.3 is 10.2 Å². The van der Waals surface area contributed by atoms with Crippen molar-refractivity contribution in [1.82, 2.24) is 24.4 Å². The number of nitrogens with zero attached hydrogens (tertiary/aromatic N) is 5. The highest BCUT2D eigenvalue weighted by Crippen LogP contribution is 2.32. The SMILES string of the molecule is Cc1ccc(-c2cnc3c(-n4nnc(C(=O)O)c4C(F)F)cc(C(=O)O)cn23)s1. The fraction of sp³-hybridized carbons (Fsp3) is 0.118. The monoisotopic (exact) mass is 419 g/mol. The summed E-state index contributed by atoms with van der Waals surface area (Å²) in [7, 11) is 0. The Bertz CT molecular complexity index is 1280. The molecule has 0 bridgehead atoms. The molecule has 0 amide bonds. The Kier molecular flexibility index (Phi) is 4.34. The minimum absolute atomic E-state index is 0.125. The molecule has 9 nitrogen and oxygen atoms in total. The maximum Gasteiger partial charge on any atom is 0.358 e. The Balaban J connectivity index is 2.05. The van der Waals surface area contributed by atoms with Gasteiger partial charge in [-0.1, -0.05) is 5.21 Å². The molecule has 0 saturated carbocycles. The molecule has 0 atom stereocenters. The van der Waals surface area contributed by atoms with Crippen LogP contribution in [-0.2, 0) is 0 Å². The number of alkyl halides is 2. The minimum atomic E-state index is -3.21. The second-order valence-corrected chi connectivity index (χ2v) is 7.30. The number of aryl methyl sites for hydroxylation is 1. The molecule has 4 aromatic heterocycles. The number of carbonyl (C=O) groups is 2. The van der Waals surface area contributed by atoms with Crippen LogP contribution in [0, 0.1) is 6.92 Å². The average molecular weight is 419 g/mol. The van der Waals surface area contributed by atoms with Crippen molar-refractivity contribution in [3.8, 4) is 16.3 Å². The summed E-state index contributed by atoms with van der Waals surface area (Å²) in [5.74, 6) is -2.97. The van der Waals surface area contributed by atoms with Gasteiger partial charge in [0.15, 0.2) is 11.3 Å². The lowest BCUT2D eigenvalue weighted by Gasteiger charge is -2.10. The zero-order chi connectivity index (χ0) is 20.9. The van der Waals surface area contributed by atoms with Crippen molar-refractivity contribution in [2.45, 2.75) is 13.3 Å². The van der Waals surface area contributed by atoms with Crippen LogP contribution in [0.3, 0.4) is 0 Å². The number of thiophene rings is 1. The number of hydrogen-bond donors (Lipinski definition) is 2. The molecule has 0 saturated heterocycles. The molecule has 148 valence electrons. The van der Waals surface area contributed by atoms with E-state index in [0.29, 0.717) is 10.4 Å². The number of carboxylic acid groups (broad SMARTS) is 2. The predicted molar refractivity (Wildman–Crippen MR) is 97.0 cm³/mol. The first kappa shape index (κ1) is 18.7. The van der Waals surface area contributed by atoms with E-state index < -0.39 is 29.8 Å². The van der Waals surface area contributed by atoms with Crippen LogP contribution >= 0.6 is 11.3 Å². The number of halogens is 2. The van der Waals surface area contributed by atoms with Crippen LogP contribution in [0.1, 0.15) is 37.8 Å². The van der Waals surface area contributed by atoms with Gasteiger partial charge >= 0.3 is 11.9 Å². The lowest BCUT2D eigenvalue weighted by Crippen LogP contribution is -2.10. The lowest BCUT2D eigenvalue weighted by atomic mass is 10.2. The standard InChI is InChI=1S/C17H11F2N5O4S/c1-7-2-3-11(29-7)10-5-20-15-9(4-8(16(25)26)6-23(10)15)24-13(14(18)19)12(17(27)28)21-22-24/h2-6,14H,1H3,(H,25,26)(H,27,28). The topological polar surface area (TPSA) is 123 Å². The van der Waals surface area contributed by atoms with Crippen LogP contribution in [0.5, 0.6) is 0 Å². The fourth-order valence-corrected chi connectivity index (χ4v) is 3.79. The zero-order valence-corrected chi connectivity index (χ0v) is 15.4.